The van der Waals surface area contributed by atoms with E-state index < -0.39 is 26.5 Å². The van der Waals surface area contributed by atoms with Crippen LogP contribution >= 0.6 is 0 Å². The van der Waals surface area contributed by atoms with Crippen molar-refractivity contribution in [3.63, 3.8) is 0 Å². The van der Waals surface area contributed by atoms with Crippen molar-refractivity contribution in [2.75, 3.05) is 0 Å². The predicted octanol–water partition coefficient (Wildman–Crippen LogP) is 12.0. The SMILES string of the molecule is Cc1cc(C(C)(C)C)ccc1-c1c[c]([Ge]([CH3])([CH3])[CH3])c(CC2CCCC2)c[n+]1C.Cc1cc(CC(C)C)ccc1-c1c[c]([Ge]([CH3])([CH3])[CH3])c(CC2CCCC2)c[n+]1C. The first-order valence-electron chi connectivity index (χ1n) is 22.4. The average Bonchev–Trinajstić information content (AvgIpc) is 3.79. The first-order chi connectivity index (χ1) is 26.1. The van der Waals surface area contributed by atoms with Crippen molar-refractivity contribution < 1.29 is 9.13 Å². The summed E-state index contributed by atoms with van der Waals surface area (Å²) in [5, 5.41) is 0. The molecule has 2 aliphatic rings. The van der Waals surface area contributed by atoms with Crippen molar-refractivity contribution in [1.82, 2.24) is 0 Å². The molecule has 0 unspecified atom stereocenters. The number of pyridine rings is 2. The molecule has 0 amide bonds. The minimum atomic E-state index is -1.96. The van der Waals surface area contributed by atoms with Crippen LogP contribution in [0.2, 0.25) is 34.5 Å². The molecule has 2 fully saturated rings. The third-order valence-electron chi connectivity index (χ3n) is 12.9. The van der Waals surface area contributed by atoms with Crippen LogP contribution in [0.25, 0.3) is 22.5 Å². The summed E-state index contributed by atoms with van der Waals surface area (Å²) in [6, 6.07) is 19.3. The van der Waals surface area contributed by atoms with Gasteiger partial charge in [-0.15, -0.1) is 0 Å². The molecule has 0 saturated heterocycles. The molecule has 2 saturated carbocycles. The fourth-order valence-corrected chi connectivity index (χ4v) is 16.9. The van der Waals surface area contributed by atoms with Crippen LogP contribution < -0.4 is 17.9 Å². The molecule has 56 heavy (non-hydrogen) atoms. The second kappa shape index (κ2) is 18.4. The number of nitrogens with zero attached hydrogens (tertiary/aromatic N) is 2. The molecule has 0 atom stereocenters. The Labute approximate surface area is 350 Å². The Morgan fingerprint density at radius 2 is 1.02 bits per heavy atom. The second-order valence-corrected chi connectivity index (χ2v) is 42.8. The van der Waals surface area contributed by atoms with Gasteiger partial charge >= 0.3 is 352 Å². The van der Waals surface area contributed by atoms with Crippen molar-refractivity contribution in [2.24, 2.45) is 31.8 Å². The number of aryl methyl sites for hydroxylation is 4. The van der Waals surface area contributed by atoms with E-state index in [1.807, 2.05) is 0 Å². The van der Waals surface area contributed by atoms with Gasteiger partial charge in [-0.3, -0.25) is 0 Å². The summed E-state index contributed by atoms with van der Waals surface area (Å²) >= 11 is -3.91. The zero-order valence-electron chi connectivity index (χ0n) is 38.7. The predicted molar refractivity (Wildman–Crippen MR) is 250 cm³/mol. The van der Waals surface area contributed by atoms with Crippen LogP contribution in [0.5, 0.6) is 0 Å². The Balaban J connectivity index is 0.000000214. The van der Waals surface area contributed by atoms with Gasteiger partial charge in [0.1, 0.15) is 0 Å². The van der Waals surface area contributed by atoms with Gasteiger partial charge in [-0.05, 0) is 0 Å². The van der Waals surface area contributed by atoms with Crippen molar-refractivity contribution in [1.29, 1.82) is 0 Å². The van der Waals surface area contributed by atoms with E-state index in [4.69, 9.17) is 0 Å². The molecule has 0 bridgehead atoms. The zero-order chi connectivity index (χ0) is 41.2. The van der Waals surface area contributed by atoms with Crippen LogP contribution in [-0.4, -0.2) is 26.5 Å². The number of hydrogen-bond donors (Lipinski definition) is 0. The van der Waals surface area contributed by atoms with Crippen molar-refractivity contribution >= 4 is 35.3 Å². The van der Waals surface area contributed by atoms with Crippen molar-refractivity contribution in [2.45, 2.75) is 159 Å². The molecule has 4 heteroatoms. The number of aromatic nitrogens is 2. The number of rotatable bonds is 10. The van der Waals surface area contributed by atoms with Gasteiger partial charge in [0, 0.05) is 0 Å². The van der Waals surface area contributed by atoms with Crippen LogP contribution in [-0.2, 0) is 38.8 Å². The summed E-state index contributed by atoms with van der Waals surface area (Å²) in [5.74, 6) is 17.8. The Hall–Kier alpha value is -2.17. The van der Waals surface area contributed by atoms with Gasteiger partial charge in [0.15, 0.2) is 0 Å². The monoisotopic (exact) mass is 880 g/mol. The summed E-state index contributed by atoms with van der Waals surface area (Å²) in [4.78, 5) is 0. The van der Waals surface area contributed by atoms with E-state index in [0.29, 0.717) is 5.92 Å². The minimum absolute atomic E-state index is 0.197. The molecule has 4 aromatic rings. The van der Waals surface area contributed by atoms with E-state index >= 15 is 0 Å². The summed E-state index contributed by atoms with van der Waals surface area (Å²) < 4.78 is 8.21. The Kier molecular flexibility index (Phi) is 14.8. The third kappa shape index (κ3) is 11.5. The summed E-state index contributed by atoms with van der Waals surface area (Å²) in [6.07, 6.45) is 20.1. The molecule has 2 aromatic heterocycles. The molecule has 6 rings (SSSR count). The molecular weight excluding hydrogens is 798 g/mol. The first-order valence-corrected chi connectivity index (χ1v) is 37.1. The van der Waals surface area contributed by atoms with Gasteiger partial charge in [0.05, 0.1) is 0 Å². The molecule has 2 aliphatic carbocycles. The second-order valence-electron chi connectivity index (χ2n) is 21.7. The summed E-state index contributed by atoms with van der Waals surface area (Å²) in [5.41, 5.74) is 14.7. The van der Waals surface area contributed by atoms with E-state index in [9.17, 15) is 0 Å². The van der Waals surface area contributed by atoms with Gasteiger partial charge in [0.2, 0.25) is 0 Å². The zero-order valence-corrected chi connectivity index (χ0v) is 42.9. The molecule has 0 N–H and O–H groups in total. The van der Waals surface area contributed by atoms with Gasteiger partial charge in [-0.2, -0.15) is 0 Å². The Bertz CT molecular complexity index is 1950. The Morgan fingerprint density at radius 1 is 0.607 bits per heavy atom. The standard InChI is InChI=1S/2C26H40GeN/c1-19-15-22(26(2,3)4)13-14-23(19)25-17-24(27(5,6)7)21(18-28(25)8)16-20-11-9-10-12-20;1-19(2)14-22-12-13-24(20(3)15-22)26-17-25(27(4,5)6)23(18-28(26)7)16-21-10-8-9-11-21/h13-15,17-18,20H,9-12,16H2,1-8H3;12-13,15,17-19,21H,8-11,14,16H2,1-7H3/q2*+1. The summed E-state index contributed by atoms with van der Waals surface area (Å²) in [6.45, 7) is 16.0. The van der Waals surface area contributed by atoms with Gasteiger partial charge in [-0.1, -0.05) is 0 Å². The maximum atomic E-state index is 2.56. The quantitative estimate of drug-likeness (QED) is 0.111. The van der Waals surface area contributed by atoms with E-state index in [-0.39, 0.29) is 5.41 Å². The summed E-state index contributed by atoms with van der Waals surface area (Å²) in [7, 11) is 4.48. The molecule has 0 radical (unpaired) electrons. The molecule has 0 aliphatic heterocycles. The molecule has 2 aromatic carbocycles. The number of hydrogen-bond acceptors (Lipinski definition) is 0. The van der Waals surface area contributed by atoms with Crippen molar-refractivity contribution in [3.8, 4) is 22.5 Å². The fraction of sp³-hybridized carbons (Fsp3) is 0.577. The Morgan fingerprint density at radius 3 is 1.38 bits per heavy atom. The average molecular weight is 878 g/mol. The molecule has 304 valence electrons. The van der Waals surface area contributed by atoms with Crippen LogP contribution in [0.3, 0.4) is 0 Å². The van der Waals surface area contributed by atoms with E-state index in [0.717, 1.165) is 18.3 Å². The topological polar surface area (TPSA) is 7.76 Å². The fourth-order valence-electron chi connectivity index (χ4n) is 9.75. The molecule has 2 heterocycles. The van der Waals surface area contributed by atoms with Crippen LogP contribution in [0, 0.1) is 31.6 Å². The molecule has 2 nitrogen and oxygen atoms in total. The van der Waals surface area contributed by atoms with Gasteiger partial charge in [-0.25, -0.2) is 0 Å². The molecular formula is C52H80Ge2N2+2. The van der Waals surface area contributed by atoms with E-state index in [1.54, 1.807) is 19.9 Å². The van der Waals surface area contributed by atoms with Crippen LogP contribution in [0.1, 0.15) is 119 Å². The van der Waals surface area contributed by atoms with E-state index in [2.05, 4.69) is 167 Å². The van der Waals surface area contributed by atoms with E-state index in [1.165, 1.54) is 109 Å². The van der Waals surface area contributed by atoms with Crippen LogP contribution in [0.4, 0.5) is 0 Å². The van der Waals surface area contributed by atoms with Crippen molar-refractivity contribution in [3.05, 3.63) is 94.3 Å². The van der Waals surface area contributed by atoms with Gasteiger partial charge < -0.3 is 0 Å². The normalized spacial score (nSPS) is 15.8. The number of benzene rings is 2. The molecule has 0 spiro atoms. The van der Waals surface area contributed by atoms with Crippen LogP contribution in [0.15, 0.2) is 60.9 Å². The maximum absolute atomic E-state index is 2.56. The first kappa shape index (κ1) is 44.9. The third-order valence-corrected chi connectivity index (χ3v) is 21.6. The van der Waals surface area contributed by atoms with Gasteiger partial charge in [0.25, 0.3) is 0 Å².